The summed E-state index contributed by atoms with van der Waals surface area (Å²) in [6.07, 6.45) is 0. The van der Waals surface area contributed by atoms with E-state index in [1.54, 1.807) is 0 Å². The third-order valence-corrected chi connectivity index (χ3v) is 2.59. The second-order valence-corrected chi connectivity index (χ2v) is 3.45. The minimum absolute atomic E-state index is 0.593. The highest BCUT2D eigenvalue weighted by atomic mass is 127. The number of alkyl halides is 1. The second kappa shape index (κ2) is 4.28. The molecule has 0 heterocycles. The summed E-state index contributed by atoms with van der Waals surface area (Å²) in [4.78, 5) is 0. The van der Waals surface area contributed by atoms with E-state index in [0.29, 0.717) is 6.54 Å². The van der Waals surface area contributed by atoms with Crippen molar-refractivity contribution in [2.75, 3.05) is 0 Å². The Morgan fingerprint density at radius 3 is 2.64 bits per heavy atom. The molecule has 0 amide bonds. The number of hydrogen-bond donors (Lipinski definition) is 1. The molecule has 0 saturated carbocycles. The molecular formula is C8H9ClIN. The van der Waals surface area contributed by atoms with E-state index in [1.807, 2.05) is 18.2 Å². The molecular weight excluding hydrogens is 272 g/mol. The van der Waals surface area contributed by atoms with Gasteiger partial charge in [0, 0.05) is 16.0 Å². The summed E-state index contributed by atoms with van der Waals surface area (Å²) in [7, 11) is 0. The van der Waals surface area contributed by atoms with E-state index < -0.39 is 0 Å². The number of nitrogens with two attached hydrogens (primary N) is 1. The molecule has 0 aliphatic heterocycles. The van der Waals surface area contributed by atoms with Crippen LogP contribution >= 0.6 is 34.2 Å². The van der Waals surface area contributed by atoms with Crippen LogP contribution in [0.3, 0.4) is 0 Å². The summed E-state index contributed by atoms with van der Waals surface area (Å²) in [5.74, 6) is 0. The van der Waals surface area contributed by atoms with Gasteiger partial charge in [0.2, 0.25) is 0 Å². The molecule has 3 heteroatoms. The van der Waals surface area contributed by atoms with Crippen LogP contribution < -0.4 is 5.73 Å². The van der Waals surface area contributed by atoms with Gasteiger partial charge in [-0.15, -0.1) is 0 Å². The van der Waals surface area contributed by atoms with Crippen molar-refractivity contribution in [3.63, 3.8) is 0 Å². The average Bonchev–Trinajstić information content (AvgIpc) is 2.04. The Morgan fingerprint density at radius 1 is 1.36 bits per heavy atom. The quantitative estimate of drug-likeness (QED) is 0.655. The summed E-state index contributed by atoms with van der Waals surface area (Å²) in [5.41, 5.74) is 7.95. The molecule has 0 bridgehead atoms. The standard InChI is InChI=1S/C8H9ClIN/c9-8-2-1-6(5-11)7(3-8)4-10/h1-3H,4-5,11H2. The van der Waals surface area contributed by atoms with E-state index >= 15 is 0 Å². The van der Waals surface area contributed by atoms with Crippen molar-refractivity contribution in [1.29, 1.82) is 0 Å². The predicted octanol–water partition coefficient (Wildman–Crippen LogP) is 2.73. The van der Waals surface area contributed by atoms with Crippen LogP contribution in [0.4, 0.5) is 0 Å². The fourth-order valence-corrected chi connectivity index (χ4v) is 1.82. The first-order valence-corrected chi connectivity index (χ1v) is 5.21. The van der Waals surface area contributed by atoms with Crippen LogP contribution in [-0.4, -0.2) is 0 Å². The van der Waals surface area contributed by atoms with Crippen molar-refractivity contribution in [3.05, 3.63) is 34.3 Å². The van der Waals surface area contributed by atoms with Gasteiger partial charge in [-0.2, -0.15) is 0 Å². The van der Waals surface area contributed by atoms with Gasteiger partial charge in [0.15, 0.2) is 0 Å². The van der Waals surface area contributed by atoms with Gasteiger partial charge in [-0.05, 0) is 23.3 Å². The fourth-order valence-electron chi connectivity index (χ4n) is 0.918. The molecule has 0 aliphatic rings. The molecule has 0 saturated heterocycles. The van der Waals surface area contributed by atoms with Crippen molar-refractivity contribution >= 4 is 34.2 Å². The molecule has 0 fully saturated rings. The average molecular weight is 282 g/mol. The van der Waals surface area contributed by atoms with E-state index in [-0.39, 0.29) is 0 Å². The molecule has 0 spiro atoms. The van der Waals surface area contributed by atoms with Crippen LogP contribution in [0, 0.1) is 0 Å². The summed E-state index contributed by atoms with van der Waals surface area (Å²) in [6, 6.07) is 5.83. The minimum Gasteiger partial charge on any atom is -0.326 e. The van der Waals surface area contributed by atoms with Crippen molar-refractivity contribution in [2.45, 2.75) is 11.0 Å². The Morgan fingerprint density at radius 2 is 2.09 bits per heavy atom. The molecule has 0 aromatic heterocycles. The maximum Gasteiger partial charge on any atom is 0.0409 e. The summed E-state index contributed by atoms with van der Waals surface area (Å²) >= 11 is 8.11. The van der Waals surface area contributed by atoms with Crippen molar-refractivity contribution < 1.29 is 0 Å². The topological polar surface area (TPSA) is 26.0 Å². The number of benzene rings is 1. The molecule has 1 aromatic carbocycles. The third kappa shape index (κ3) is 2.32. The van der Waals surface area contributed by atoms with Gasteiger partial charge in [-0.3, -0.25) is 0 Å². The number of halogens is 2. The van der Waals surface area contributed by atoms with Gasteiger partial charge in [0.1, 0.15) is 0 Å². The molecule has 1 aromatic rings. The third-order valence-electron chi connectivity index (χ3n) is 1.53. The zero-order chi connectivity index (χ0) is 8.27. The zero-order valence-electron chi connectivity index (χ0n) is 5.98. The Kier molecular flexibility index (Phi) is 3.62. The fraction of sp³-hybridized carbons (Fsp3) is 0.250. The van der Waals surface area contributed by atoms with Gasteiger partial charge >= 0.3 is 0 Å². The minimum atomic E-state index is 0.593. The van der Waals surface area contributed by atoms with Crippen LogP contribution in [0.5, 0.6) is 0 Å². The molecule has 2 N–H and O–H groups in total. The van der Waals surface area contributed by atoms with Gasteiger partial charge < -0.3 is 5.73 Å². The molecule has 1 nitrogen and oxygen atoms in total. The molecule has 0 unspecified atom stereocenters. The number of rotatable bonds is 2. The highest BCUT2D eigenvalue weighted by molar-refractivity contribution is 14.1. The van der Waals surface area contributed by atoms with Crippen LogP contribution in [0.1, 0.15) is 11.1 Å². The maximum absolute atomic E-state index is 5.81. The van der Waals surface area contributed by atoms with E-state index in [2.05, 4.69) is 22.6 Å². The lowest BCUT2D eigenvalue weighted by Gasteiger charge is -2.03. The molecule has 1 rings (SSSR count). The summed E-state index contributed by atoms with van der Waals surface area (Å²) in [5, 5.41) is 0.786. The highest BCUT2D eigenvalue weighted by Crippen LogP contribution is 2.18. The van der Waals surface area contributed by atoms with Gasteiger partial charge in [0.05, 0.1) is 0 Å². The molecule has 60 valence electrons. The zero-order valence-corrected chi connectivity index (χ0v) is 8.89. The first-order valence-electron chi connectivity index (χ1n) is 3.31. The van der Waals surface area contributed by atoms with Crippen LogP contribution in [0.25, 0.3) is 0 Å². The first-order chi connectivity index (χ1) is 5.27. The monoisotopic (exact) mass is 281 g/mol. The largest absolute Gasteiger partial charge is 0.326 e. The van der Waals surface area contributed by atoms with Crippen molar-refractivity contribution in [1.82, 2.24) is 0 Å². The van der Waals surface area contributed by atoms with E-state index in [1.165, 1.54) is 11.1 Å². The highest BCUT2D eigenvalue weighted by Gasteiger charge is 1.98. The van der Waals surface area contributed by atoms with Crippen LogP contribution in [0.2, 0.25) is 5.02 Å². The van der Waals surface area contributed by atoms with Crippen molar-refractivity contribution in [2.24, 2.45) is 5.73 Å². The van der Waals surface area contributed by atoms with Crippen LogP contribution in [-0.2, 0) is 11.0 Å². The molecule has 0 radical (unpaired) electrons. The normalized spacial score (nSPS) is 10.1. The predicted molar refractivity (Wildman–Crippen MR) is 57.1 cm³/mol. The first kappa shape index (κ1) is 9.29. The van der Waals surface area contributed by atoms with Crippen LogP contribution in [0.15, 0.2) is 18.2 Å². The van der Waals surface area contributed by atoms with E-state index in [0.717, 1.165) is 9.45 Å². The Hall–Kier alpha value is 0.200. The SMILES string of the molecule is NCc1ccc(Cl)cc1CI. The lowest BCUT2D eigenvalue weighted by atomic mass is 10.1. The van der Waals surface area contributed by atoms with E-state index in [9.17, 15) is 0 Å². The maximum atomic E-state index is 5.81. The lowest BCUT2D eigenvalue weighted by molar-refractivity contribution is 1.05. The Bertz CT molecular complexity index is 250. The molecule has 0 aliphatic carbocycles. The Labute approximate surface area is 85.1 Å². The van der Waals surface area contributed by atoms with Gasteiger partial charge in [0.25, 0.3) is 0 Å². The molecule has 11 heavy (non-hydrogen) atoms. The number of hydrogen-bond acceptors (Lipinski definition) is 1. The lowest BCUT2D eigenvalue weighted by Crippen LogP contribution is -1.99. The Balaban J connectivity index is 3.06. The van der Waals surface area contributed by atoms with Crippen molar-refractivity contribution in [3.8, 4) is 0 Å². The molecule has 0 atom stereocenters. The smallest absolute Gasteiger partial charge is 0.0409 e. The second-order valence-electron chi connectivity index (χ2n) is 2.25. The summed E-state index contributed by atoms with van der Waals surface area (Å²) < 4.78 is 0.963. The summed E-state index contributed by atoms with van der Waals surface area (Å²) in [6.45, 7) is 0.593. The van der Waals surface area contributed by atoms with Gasteiger partial charge in [-0.1, -0.05) is 40.3 Å². The van der Waals surface area contributed by atoms with E-state index in [4.69, 9.17) is 17.3 Å². The van der Waals surface area contributed by atoms with Gasteiger partial charge in [-0.25, -0.2) is 0 Å².